The molecule has 0 amide bonds. The molecule has 0 aromatic heterocycles. The third kappa shape index (κ3) is 3.18. The van der Waals surface area contributed by atoms with E-state index in [4.69, 9.17) is 17.3 Å². The summed E-state index contributed by atoms with van der Waals surface area (Å²) < 4.78 is 12.9. The Morgan fingerprint density at radius 1 is 1.46 bits per heavy atom. The molecule has 4 heteroatoms. The molecule has 0 bridgehead atoms. The molecule has 0 fully saturated rings. The fraction of sp³-hybridized carbons (Fsp3) is 0.333. The average Bonchev–Trinajstić information content (AvgIpc) is 2.13. The summed E-state index contributed by atoms with van der Waals surface area (Å²) in [7, 11) is 0. The summed E-state index contributed by atoms with van der Waals surface area (Å²) >= 11 is 7.41. The van der Waals surface area contributed by atoms with E-state index in [2.05, 4.69) is 0 Å². The molecule has 0 saturated heterocycles. The van der Waals surface area contributed by atoms with E-state index >= 15 is 0 Å². The highest BCUT2D eigenvalue weighted by atomic mass is 35.5. The standard InChI is InChI=1S/C9H11ClFNS/c10-9-7(6-13-5-4-12)2-1-3-8(9)11/h1-3H,4-6,12H2. The summed E-state index contributed by atoms with van der Waals surface area (Å²) in [6.45, 7) is 0.637. The van der Waals surface area contributed by atoms with Crippen LogP contribution >= 0.6 is 23.4 Å². The second kappa shape index (κ2) is 5.47. The van der Waals surface area contributed by atoms with Gasteiger partial charge in [0.15, 0.2) is 0 Å². The van der Waals surface area contributed by atoms with Gasteiger partial charge in [-0.3, -0.25) is 0 Å². The summed E-state index contributed by atoms with van der Waals surface area (Å²) in [6, 6.07) is 4.86. The van der Waals surface area contributed by atoms with Gasteiger partial charge in [0.2, 0.25) is 0 Å². The van der Waals surface area contributed by atoms with E-state index < -0.39 is 0 Å². The Kier molecular flexibility index (Phi) is 4.56. The predicted octanol–water partition coefficient (Wildman–Crippen LogP) is 2.67. The van der Waals surface area contributed by atoms with Crippen molar-refractivity contribution in [1.29, 1.82) is 0 Å². The number of rotatable bonds is 4. The van der Waals surface area contributed by atoms with Gasteiger partial charge in [-0.25, -0.2) is 4.39 Å². The molecule has 72 valence electrons. The van der Waals surface area contributed by atoms with Crippen LogP contribution in [0.15, 0.2) is 18.2 Å². The molecule has 0 unspecified atom stereocenters. The van der Waals surface area contributed by atoms with Gasteiger partial charge in [-0.05, 0) is 11.6 Å². The van der Waals surface area contributed by atoms with Crippen LogP contribution in [-0.2, 0) is 5.75 Å². The molecule has 1 nitrogen and oxygen atoms in total. The number of thioether (sulfide) groups is 1. The van der Waals surface area contributed by atoms with Crippen LogP contribution in [0.4, 0.5) is 4.39 Å². The topological polar surface area (TPSA) is 26.0 Å². The van der Waals surface area contributed by atoms with E-state index in [0.29, 0.717) is 12.3 Å². The van der Waals surface area contributed by atoms with Crippen molar-refractivity contribution in [3.63, 3.8) is 0 Å². The number of hydrogen-bond donors (Lipinski definition) is 1. The minimum atomic E-state index is -0.354. The average molecular weight is 220 g/mol. The summed E-state index contributed by atoms with van der Waals surface area (Å²) in [5.41, 5.74) is 6.17. The van der Waals surface area contributed by atoms with Crippen LogP contribution in [0.2, 0.25) is 5.02 Å². The Bertz CT molecular complexity index is 280. The quantitative estimate of drug-likeness (QED) is 0.788. The highest BCUT2D eigenvalue weighted by molar-refractivity contribution is 7.98. The zero-order chi connectivity index (χ0) is 9.68. The monoisotopic (exact) mass is 219 g/mol. The van der Waals surface area contributed by atoms with Crippen molar-refractivity contribution in [3.8, 4) is 0 Å². The first-order valence-corrected chi connectivity index (χ1v) is 5.49. The fourth-order valence-electron chi connectivity index (χ4n) is 0.925. The van der Waals surface area contributed by atoms with Crippen LogP contribution in [0.5, 0.6) is 0 Å². The molecule has 1 aromatic rings. The normalized spacial score (nSPS) is 10.4. The third-order valence-electron chi connectivity index (χ3n) is 1.55. The molecule has 0 radical (unpaired) electrons. The molecule has 0 aliphatic rings. The molecule has 1 aromatic carbocycles. The molecule has 0 atom stereocenters. The van der Waals surface area contributed by atoms with Crippen LogP contribution in [0, 0.1) is 5.82 Å². The maximum Gasteiger partial charge on any atom is 0.142 e. The van der Waals surface area contributed by atoms with Crippen LogP contribution in [0.25, 0.3) is 0 Å². The second-order valence-corrected chi connectivity index (χ2v) is 4.04. The predicted molar refractivity (Wildman–Crippen MR) is 56.6 cm³/mol. The Morgan fingerprint density at radius 3 is 2.92 bits per heavy atom. The smallest absolute Gasteiger partial charge is 0.142 e. The number of halogens is 2. The molecular formula is C9H11ClFNS. The Labute approximate surface area is 86.5 Å². The first kappa shape index (κ1) is 10.8. The van der Waals surface area contributed by atoms with Crippen LogP contribution in [-0.4, -0.2) is 12.3 Å². The van der Waals surface area contributed by atoms with Crippen molar-refractivity contribution in [2.45, 2.75) is 5.75 Å². The molecular weight excluding hydrogens is 209 g/mol. The molecule has 13 heavy (non-hydrogen) atoms. The highest BCUT2D eigenvalue weighted by Gasteiger charge is 2.04. The lowest BCUT2D eigenvalue weighted by Gasteiger charge is -2.03. The molecule has 0 aliphatic carbocycles. The maximum absolute atomic E-state index is 12.9. The zero-order valence-corrected chi connectivity index (χ0v) is 8.67. The van der Waals surface area contributed by atoms with Crippen molar-refractivity contribution in [3.05, 3.63) is 34.6 Å². The zero-order valence-electron chi connectivity index (χ0n) is 7.09. The van der Waals surface area contributed by atoms with Crippen molar-refractivity contribution in [2.24, 2.45) is 5.73 Å². The van der Waals surface area contributed by atoms with Gasteiger partial charge in [-0.2, -0.15) is 11.8 Å². The largest absolute Gasteiger partial charge is 0.330 e. The van der Waals surface area contributed by atoms with Gasteiger partial charge < -0.3 is 5.73 Å². The third-order valence-corrected chi connectivity index (χ3v) is 3.01. The number of nitrogens with two attached hydrogens (primary N) is 1. The lowest BCUT2D eigenvalue weighted by atomic mass is 10.2. The summed E-state index contributed by atoms with van der Waals surface area (Å²) in [5.74, 6) is 1.23. The first-order chi connectivity index (χ1) is 6.25. The summed E-state index contributed by atoms with van der Waals surface area (Å²) in [4.78, 5) is 0. The molecule has 2 N–H and O–H groups in total. The van der Waals surface area contributed by atoms with Crippen LogP contribution in [0.1, 0.15) is 5.56 Å². The summed E-state index contributed by atoms with van der Waals surface area (Å²) in [5, 5.41) is 0.229. The number of benzene rings is 1. The molecule has 0 aliphatic heterocycles. The van der Waals surface area contributed by atoms with Crippen molar-refractivity contribution >= 4 is 23.4 Å². The van der Waals surface area contributed by atoms with E-state index in [1.54, 1.807) is 17.8 Å². The van der Waals surface area contributed by atoms with Gasteiger partial charge in [0.25, 0.3) is 0 Å². The SMILES string of the molecule is NCCSCc1cccc(F)c1Cl. The van der Waals surface area contributed by atoms with Gasteiger partial charge in [-0.15, -0.1) is 0 Å². The Hall–Kier alpha value is -0.250. The van der Waals surface area contributed by atoms with Gasteiger partial charge in [0.1, 0.15) is 5.82 Å². The van der Waals surface area contributed by atoms with Gasteiger partial charge >= 0.3 is 0 Å². The van der Waals surface area contributed by atoms with E-state index in [1.807, 2.05) is 6.07 Å². The lowest BCUT2D eigenvalue weighted by molar-refractivity contribution is 0.627. The molecule has 0 saturated carbocycles. The fourth-order valence-corrected chi connectivity index (χ4v) is 1.97. The Morgan fingerprint density at radius 2 is 2.23 bits per heavy atom. The van der Waals surface area contributed by atoms with E-state index in [0.717, 1.165) is 11.3 Å². The van der Waals surface area contributed by atoms with Gasteiger partial charge in [0.05, 0.1) is 5.02 Å². The minimum Gasteiger partial charge on any atom is -0.330 e. The lowest BCUT2D eigenvalue weighted by Crippen LogP contribution is -2.01. The summed E-state index contributed by atoms with van der Waals surface area (Å²) in [6.07, 6.45) is 0. The highest BCUT2D eigenvalue weighted by Crippen LogP contribution is 2.23. The van der Waals surface area contributed by atoms with E-state index in [1.165, 1.54) is 6.07 Å². The van der Waals surface area contributed by atoms with Crippen molar-refractivity contribution in [2.75, 3.05) is 12.3 Å². The van der Waals surface area contributed by atoms with Crippen LogP contribution < -0.4 is 5.73 Å². The van der Waals surface area contributed by atoms with E-state index in [-0.39, 0.29) is 10.8 Å². The molecule has 1 rings (SSSR count). The van der Waals surface area contributed by atoms with Gasteiger partial charge in [-0.1, -0.05) is 23.7 Å². The molecule has 0 spiro atoms. The van der Waals surface area contributed by atoms with Crippen molar-refractivity contribution in [1.82, 2.24) is 0 Å². The van der Waals surface area contributed by atoms with E-state index in [9.17, 15) is 4.39 Å². The Balaban J connectivity index is 2.61. The minimum absolute atomic E-state index is 0.229. The number of hydrogen-bond acceptors (Lipinski definition) is 2. The maximum atomic E-state index is 12.9. The van der Waals surface area contributed by atoms with Crippen LogP contribution in [0.3, 0.4) is 0 Å². The van der Waals surface area contributed by atoms with Gasteiger partial charge in [0, 0.05) is 18.1 Å². The van der Waals surface area contributed by atoms with Crippen molar-refractivity contribution < 1.29 is 4.39 Å². The first-order valence-electron chi connectivity index (χ1n) is 3.96. The second-order valence-electron chi connectivity index (χ2n) is 2.55. The molecule has 0 heterocycles.